The maximum Gasteiger partial charge on any atom is 0.165 e. The minimum absolute atomic E-state index is 0.0313. The van der Waals surface area contributed by atoms with Gasteiger partial charge in [0, 0.05) is 36.7 Å². The molecule has 4 nitrogen and oxygen atoms in total. The van der Waals surface area contributed by atoms with E-state index < -0.39 is 11.3 Å². The van der Waals surface area contributed by atoms with E-state index in [0.717, 1.165) is 30.4 Å². The summed E-state index contributed by atoms with van der Waals surface area (Å²) in [5.74, 6) is -0.0313. The molecule has 1 N–H and O–H groups in total. The number of carbonyl (C=O) groups is 1. The van der Waals surface area contributed by atoms with Gasteiger partial charge in [0.1, 0.15) is 5.67 Å². The Morgan fingerprint density at radius 3 is 2.79 bits per heavy atom. The Kier molecular flexibility index (Phi) is 5.75. The van der Waals surface area contributed by atoms with Crippen LogP contribution in [0.2, 0.25) is 5.02 Å². The summed E-state index contributed by atoms with van der Waals surface area (Å²) in [5, 5.41) is 12.1. The number of aliphatic hydroxyl groups is 1. The number of aromatic nitrogens is 1. The van der Waals surface area contributed by atoms with Gasteiger partial charge in [-0.05, 0) is 64.0 Å². The number of carbonyl (C=O) groups excluding carboxylic acids is 1. The lowest BCUT2D eigenvalue weighted by molar-refractivity contribution is -0.0453. The number of hydrogen-bond donors (Lipinski definition) is 1. The van der Waals surface area contributed by atoms with Crippen molar-refractivity contribution in [3.8, 4) is 0 Å². The van der Waals surface area contributed by atoms with Crippen LogP contribution in [0.3, 0.4) is 0 Å². The highest BCUT2D eigenvalue weighted by Gasteiger charge is 2.39. The second-order valence-electron chi connectivity index (χ2n) is 9.02. The molecule has 1 atom stereocenters. The molecule has 2 aromatic rings. The lowest BCUT2D eigenvalue weighted by Crippen LogP contribution is -2.39. The summed E-state index contributed by atoms with van der Waals surface area (Å²) in [6, 6.07) is 5.67. The average Bonchev–Trinajstić information content (AvgIpc) is 3.32. The molecular formula is C23H29ClFNO3. The Bertz CT molecular complexity index is 891. The molecule has 2 heterocycles. The fraction of sp³-hybridized carbons (Fsp3) is 0.609. The molecule has 1 saturated carbocycles. The third-order valence-corrected chi connectivity index (χ3v) is 6.94. The van der Waals surface area contributed by atoms with Crippen LogP contribution < -0.4 is 0 Å². The number of rotatable bonds is 6. The average molecular weight is 422 g/mol. The summed E-state index contributed by atoms with van der Waals surface area (Å²) < 4.78 is 21.9. The monoisotopic (exact) mass is 421 g/mol. The Balaban J connectivity index is 1.52. The smallest absolute Gasteiger partial charge is 0.165 e. The van der Waals surface area contributed by atoms with Crippen molar-refractivity contribution in [2.75, 3.05) is 6.61 Å². The molecule has 4 rings (SSSR count). The number of Topliss-reactive ketones (excluding diaryl/α,β-unsaturated/α-hetero) is 1. The largest absolute Gasteiger partial charge is 0.390 e. The first kappa shape index (κ1) is 20.8. The van der Waals surface area contributed by atoms with E-state index in [1.54, 1.807) is 13.0 Å². The normalized spacial score (nSPS) is 30.1. The Labute approximate surface area is 176 Å². The number of halogens is 2. The zero-order valence-electron chi connectivity index (χ0n) is 16.9. The number of hydrogen-bond acceptors (Lipinski definition) is 3. The summed E-state index contributed by atoms with van der Waals surface area (Å²) in [5.41, 5.74) is -0.639. The van der Waals surface area contributed by atoms with Gasteiger partial charge in [0.25, 0.3) is 0 Å². The second-order valence-corrected chi connectivity index (χ2v) is 9.43. The number of benzene rings is 1. The highest BCUT2D eigenvalue weighted by Crippen LogP contribution is 2.40. The summed E-state index contributed by atoms with van der Waals surface area (Å²) in [6.45, 7) is 3.07. The van der Waals surface area contributed by atoms with E-state index in [2.05, 4.69) is 4.57 Å². The maximum atomic E-state index is 14.1. The number of alkyl halides is 1. The van der Waals surface area contributed by atoms with E-state index in [9.17, 15) is 14.3 Å². The molecule has 0 spiro atoms. The highest BCUT2D eigenvalue weighted by atomic mass is 35.5. The number of ether oxygens (including phenoxy) is 1. The summed E-state index contributed by atoms with van der Waals surface area (Å²) in [7, 11) is 0. The van der Waals surface area contributed by atoms with Crippen LogP contribution in [0.25, 0.3) is 10.9 Å². The molecule has 1 aromatic carbocycles. The van der Waals surface area contributed by atoms with E-state index in [1.807, 2.05) is 18.3 Å². The van der Waals surface area contributed by atoms with Crippen molar-refractivity contribution < 1.29 is 19.0 Å². The first-order valence-electron chi connectivity index (χ1n) is 10.6. The molecule has 2 fully saturated rings. The SMILES string of the molecule is CC1(F)CCC(O)(CCC(=O)c2cn(C[C@H]3CCCO3)c3cccc(Cl)c23)CC1. The summed E-state index contributed by atoms with van der Waals surface area (Å²) in [6.07, 6.45) is 6.17. The van der Waals surface area contributed by atoms with Gasteiger partial charge in [0.05, 0.1) is 22.2 Å². The van der Waals surface area contributed by atoms with Crippen molar-refractivity contribution in [3.63, 3.8) is 0 Å². The van der Waals surface area contributed by atoms with E-state index in [1.165, 1.54) is 0 Å². The van der Waals surface area contributed by atoms with Gasteiger partial charge in [-0.15, -0.1) is 0 Å². The van der Waals surface area contributed by atoms with Gasteiger partial charge in [-0.3, -0.25) is 4.79 Å². The molecule has 1 aliphatic heterocycles. The van der Waals surface area contributed by atoms with Crippen LogP contribution in [0.1, 0.15) is 68.6 Å². The second kappa shape index (κ2) is 8.01. The standard InChI is InChI=1S/C23H29ClFNO3/c1-22(25)9-11-23(28,12-10-22)8-7-20(27)17-15-26(14-16-4-3-13-29-16)19-6-2-5-18(24)21(17)19/h2,5-6,15-16,28H,3-4,7-14H2,1H3/t16-,22?,23?/m1/s1. The van der Waals surface area contributed by atoms with Gasteiger partial charge in [0.15, 0.2) is 5.78 Å². The van der Waals surface area contributed by atoms with E-state index >= 15 is 0 Å². The first-order valence-corrected chi connectivity index (χ1v) is 11.0. The number of nitrogens with zero attached hydrogens (tertiary/aromatic N) is 1. The van der Waals surface area contributed by atoms with Gasteiger partial charge in [-0.2, -0.15) is 0 Å². The molecule has 0 unspecified atom stereocenters. The fourth-order valence-electron chi connectivity index (χ4n) is 4.65. The van der Waals surface area contributed by atoms with Crippen molar-refractivity contribution in [2.45, 2.75) is 82.2 Å². The maximum absolute atomic E-state index is 14.1. The quantitative estimate of drug-likeness (QED) is 0.629. The van der Waals surface area contributed by atoms with Crippen molar-refractivity contribution in [1.82, 2.24) is 4.57 Å². The van der Waals surface area contributed by atoms with Gasteiger partial charge in [-0.1, -0.05) is 17.7 Å². The highest BCUT2D eigenvalue weighted by molar-refractivity contribution is 6.37. The van der Waals surface area contributed by atoms with Crippen molar-refractivity contribution >= 4 is 28.3 Å². The molecule has 29 heavy (non-hydrogen) atoms. The molecular weight excluding hydrogens is 393 g/mol. The van der Waals surface area contributed by atoms with Gasteiger partial charge >= 0.3 is 0 Å². The Morgan fingerprint density at radius 2 is 2.10 bits per heavy atom. The minimum Gasteiger partial charge on any atom is -0.390 e. The van der Waals surface area contributed by atoms with E-state index in [-0.39, 0.29) is 18.3 Å². The molecule has 1 aromatic heterocycles. The zero-order valence-corrected chi connectivity index (χ0v) is 17.7. The summed E-state index contributed by atoms with van der Waals surface area (Å²) in [4.78, 5) is 13.1. The summed E-state index contributed by atoms with van der Waals surface area (Å²) >= 11 is 6.46. The third-order valence-electron chi connectivity index (χ3n) is 6.62. The molecule has 2 aliphatic rings. The molecule has 0 radical (unpaired) electrons. The molecule has 0 bridgehead atoms. The van der Waals surface area contributed by atoms with Gasteiger partial charge in [-0.25, -0.2) is 4.39 Å². The predicted molar refractivity (Wildman–Crippen MR) is 112 cm³/mol. The van der Waals surface area contributed by atoms with Crippen LogP contribution in [0, 0.1) is 0 Å². The van der Waals surface area contributed by atoms with E-state index in [4.69, 9.17) is 16.3 Å². The zero-order chi connectivity index (χ0) is 20.6. The number of fused-ring (bicyclic) bond motifs is 1. The Morgan fingerprint density at radius 1 is 1.34 bits per heavy atom. The Hall–Kier alpha value is -1.43. The van der Waals surface area contributed by atoms with Crippen molar-refractivity contribution in [3.05, 3.63) is 35.0 Å². The van der Waals surface area contributed by atoms with Crippen LogP contribution in [0.5, 0.6) is 0 Å². The van der Waals surface area contributed by atoms with E-state index in [0.29, 0.717) is 49.2 Å². The fourth-order valence-corrected chi connectivity index (χ4v) is 4.92. The van der Waals surface area contributed by atoms with Crippen molar-refractivity contribution in [2.24, 2.45) is 0 Å². The molecule has 1 saturated heterocycles. The van der Waals surface area contributed by atoms with Gasteiger partial charge in [0.2, 0.25) is 0 Å². The van der Waals surface area contributed by atoms with Crippen LogP contribution >= 0.6 is 11.6 Å². The molecule has 0 amide bonds. The van der Waals surface area contributed by atoms with Crippen LogP contribution in [-0.2, 0) is 11.3 Å². The molecule has 1 aliphatic carbocycles. The number of ketones is 1. The first-order chi connectivity index (χ1) is 13.8. The molecule has 6 heteroatoms. The van der Waals surface area contributed by atoms with Crippen LogP contribution in [0.15, 0.2) is 24.4 Å². The minimum atomic E-state index is -1.21. The van der Waals surface area contributed by atoms with Crippen LogP contribution in [0.4, 0.5) is 4.39 Å². The predicted octanol–water partition coefficient (Wildman–Crippen LogP) is 5.47. The van der Waals surface area contributed by atoms with Crippen molar-refractivity contribution in [1.29, 1.82) is 0 Å². The lowest BCUT2D eigenvalue weighted by atomic mass is 9.75. The van der Waals surface area contributed by atoms with Crippen LogP contribution in [-0.4, -0.2) is 39.4 Å². The topological polar surface area (TPSA) is 51.5 Å². The third kappa shape index (κ3) is 4.52. The molecule has 158 valence electrons. The van der Waals surface area contributed by atoms with Gasteiger partial charge < -0.3 is 14.4 Å². The lowest BCUT2D eigenvalue weighted by Gasteiger charge is -2.37.